The summed E-state index contributed by atoms with van der Waals surface area (Å²) in [6.07, 6.45) is 3.00. The Morgan fingerprint density at radius 1 is 0.857 bits per heavy atom. The number of benzene rings is 2. The minimum absolute atomic E-state index is 1.16. The van der Waals surface area contributed by atoms with Crippen molar-refractivity contribution in [2.24, 2.45) is 0 Å². The van der Waals surface area contributed by atoms with Gasteiger partial charge in [0.25, 0.3) is 0 Å². The van der Waals surface area contributed by atoms with Gasteiger partial charge in [-0.05, 0) is 10.8 Å². The highest BCUT2D eigenvalue weighted by atomic mass is 14.6. The SMILES string of the molecule is [c-]1ccc2ccc3ccccc3c2[nH+]1. The van der Waals surface area contributed by atoms with Crippen LogP contribution >= 0.6 is 0 Å². The number of H-pyrrole nitrogens is 1. The van der Waals surface area contributed by atoms with Gasteiger partial charge in [-0.1, -0.05) is 41.8 Å². The van der Waals surface area contributed by atoms with Gasteiger partial charge in [0.05, 0.1) is 0 Å². The molecule has 14 heavy (non-hydrogen) atoms. The Bertz CT molecular complexity index is 544. The van der Waals surface area contributed by atoms with Crippen LogP contribution in [-0.4, -0.2) is 0 Å². The van der Waals surface area contributed by atoms with Crippen LogP contribution in [0.15, 0.2) is 48.5 Å². The first-order valence-corrected chi connectivity index (χ1v) is 4.65. The summed E-state index contributed by atoms with van der Waals surface area (Å²) in [6.45, 7) is 0. The summed E-state index contributed by atoms with van der Waals surface area (Å²) < 4.78 is 0. The highest BCUT2D eigenvalue weighted by molar-refractivity contribution is 6.02. The number of aromatic amines is 1. The normalized spacial score (nSPS) is 10.9. The van der Waals surface area contributed by atoms with E-state index in [0.717, 1.165) is 5.52 Å². The van der Waals surface area contributed by atoms with Gasteiger partial charge in [-0.2, -0.15) is 6.07 Å². The number of fused-ring (bicyclic) bond motifs is 3. The van der Waals surface area contributed by atoms with Gasteiger partial charge in [-0.15, -0.1) is 6.07 Å². The van der Waals surface area contributed by atoms with Crippen LogP contribution in [0, 0.1) is 6.20 Å². The van der Waals surface area contributed by atoms with Crippen LogP contribution in [-0.2, 0) is 0 Å². The molecule has 0 aliphatic rings. The molecule has 1 nitrogen and oxygen atoms in total. The molecule has 0 spiro atoms. The number of aromatic nitrogens is 1. The van der Waals surface area contributed by atoms with E-state index in [1.807, 2.05) is 6.07 Å². The lowest BCUT2D eigenvalue weighted by Crippen LogP contribution is -2.02. The van der Waals surface area contributed by atoms with Gasteiger partial charge >= 0.3 is 0 Å². The van der Waals surface area contributed by atoms with Gasteiger partial charge in [0.1, 0.15) is 11.7 Å². The van der Waals surface area contributed by atoms with Crippen molar-refractivity contribution in [3.8, 4) is 0 Å². The van der Waals surface area contributed by atoms with E-state index in [2.05, 4.69) is 53.6 Å². The molecule has 1 aromatic heterocycles. The van der Waals surface area contributed by atoms with Crippen LogP contribution in [0.5, 0.6) is 0 Å². The quantitative estimate of drug-likeness (QED) is 0.372. The van der Waals surface area contributed by atoms with Gasteiger partial charge < -0.3 is 4.98 Å². The van der Waals surface area contributed by atoms with E-state index in [1.54, 1.807) is 0 Å². The molecule has 0 saturated carbocycles. The number of hydrogen-bond acceptors (Lipinski definition) is 0. The van der Waals surface area contributed by atoms with Crippen molar-refractivity contribution in [2.45, 2.75) is 0 Å². The minimum Gasteiger partial charge on any atom is -0.317 e. The summed E-state index contributed by atoms with van der Waals surface area (Å²) in [7, 11) is 0. The monoisotopic (exact) mass is 179 g/mol. The van der Waals surface area contributed by atoms with Gasteiger partial charge in [0.15, 0.2) is 0 Å². The van der Waals surface area contributed by atoms with E-state index in [0.29, 0.717) is 0 Å². The summed E-state index contributed by atoms with van der Waals surface area (Å²) in [4.78, 5) is 3.17. The zero-order valence-electron chi connectivity index (χ0n) is 7.62. The topological polar surface area (TPSA) is 14.1 Å². The predicted octanol–water partition coefficient (Wildman–Crippen LogP) is 2.61. The van der Waals surface area contributed by atoms with Crippen molar-refractivity contribution in [2.75, 3.05) is 0 Å². The lowest BCUT2D eigenvalue weighted by molar-refractivity contribution is -0.348. The zero-order chi connectivity index (χ0) is 9.38. The second-order valence-corrected chi connectivity index (χ2v) is 3.35. The second kappa shape index (κ2) is 2.81. The number of nitrogens with one attached hydrogen (secondary N) is 1. The van der Waals surface area contributed by atoms with Crippen molar-refractivity contribution in [3.05, 3.63) is 54.7 Å². The molecule has 0 fully saturated rings. The third-order valence-electron chi connectivity index (χ3n) is 2.50. The average molecular weight is 179 g/mol. The third-order valence-corrected chi connectivity index (χ3v) is 2.50. The summed E-state index contributed by atoms with van der Waals surface area (Å²) in [5.41, 5.74) is 1.16. The van der Waals surface area contributed by atoms with Crippen LogP contribution in [0.1, 0.15) is 0 Å². The highest BCUT2D eigenvalue weighted by Crippen LogP contribution is 2.20. The Kier molecular flexibility index (Phi) is 1.51. The lowest BCUT2D eigenvalue weighted by atomic mass is 10.1. The molecular formula is C13H9N. The summed E-state index contributed by atoms with van der Waals surface area (Å²) in [6, 6.07) is 16.6. The average Bonchev–Trinajstić information content (AvgIpc) is 2.29. The molecule has 0 aliphatic carbocycles. The Morgan fingerprint density at radius 2 is 1.71 bits per heavy atom. The van der Waals surface area contributed by atoms with Crippen molar-refractivity contribution < 1.29 is 4.98 Å². The molecule has 0 unspecified atom stereocenters. The van der Waals surface area contributed by atoms with Crippen molar-refractivity contribution in [1.29, 1.82) is 0 Å². The Labute approximate surface area is 82.0 Å². The fourth-order valence-corrected chi connectivity index (χ4v) is 1.81. The van der Waals surface area contributed by atoms with Crippen molar-refractivity contribution in [3.63, 3.8) is 0 Å². The molecule has 0 bridgehead atoms. The van der Waals surface area contributed by atoms with Crippen LogP contribution in [0.3, 0.4) is 0 Å². The summed E-state index contributed by atoms with van der Waals surface area (Å²) in [5.74, 6) is 0. The Hall–Kier alpha value is -1.89. The largest absolute Gasteiger partial charge is 0.317 e. The molecule has 2 aromatic carbocycles. The lowest BCUT2D eigenvalue weighted by Gasteiger charge is -2.02. The van der Waals surface area contributed by atoms with E-state index in [9.17, 15) is 0 Å². The number of rotatable bonds is 0. The molecule has 0 amide bonds. The van der Waals surface area contributed by atoms with Crippen molar-refractivity contribution >= 4 is 21.7 Å². The molecule has 0 aliphatic heterocycles. The summed E-state index contributed by atoms with van der Waals surface area (Å²) in [5, 5.41) is 3.74. The van der Waals surface area contributed by atoms with E-state index in [1.165, 1.54) is 16.2 Å². The van der Waals surface area contributed by atoms with E-state index >= 15 is 0 Å². The molecule has 0 radical (unpaired) electrons. The third kappa shape index (κ3) is 0.990. The molecule has 0 saturated heterocycles. The number of pyridine rings is 1. The summed E-state index contributed by atoms with van der Waals surface area (Å²) >= 11 is 0. The molecule has 1 heterocycles. The van der Waals surface area contributed by atoms with Crippen molar-refractivity contribution in [1.82, 2.24) is 0 Å². The molecule has 1 N–H and O–H groups in total. The molecule has 1 heteroatoms. The molecular weight excluding hydrogens is 170 g/mol. The predicted molar refractivity (Wildman–Crippen MR) is 56.8 cm³/mol. The first-order valence-electron chi connectivity index (χ1n) is 4.65. The van der Waals surface area contributed by atoms with Gasteiger partial charge in [-0.25, -0.2) is 0 Å². The molecule has 66 valence electrons. The van der Waals surface area contributed by atoms with Crippen LogP contribution < -0.4 is 4.98 Å². The maximum Gasteiger partial charge on any atom is 0.112 e. The fourth-order valence-electron chi connectivity index (χ4n) is 1.81. The van der Waals surface area contributed by atoms with E-state index in [-0.39, 0.29) is 0 Å². The number of hydrogen-bond donors (Lipinski definition) is 0. The fraction of sp³-hybridized carbons (Fsp3) is 0. The maximum atomic E-state index is 3.17. The van der Waals surface area contributed by atoms with Gasteiger partial charge in [0.2, 0.25) is 0 Å². The van der Waals surface area contributed by atoms with E-state index < -0.39 is 0 Å². The minimum atomic E-state index is 1.16. The maximum absolute atomic E-state index is 3.17. The van der Waals surface area contributed by atoms with E-state index in [4.69, 9.17) is 0 Å². The first-order chi connectivity index (χ1) is 6.95. The molecule has 3 aromatic rings. The first kappa shape index (κ1) is 7.51. The Morgan fingerprint density at radius 3 is 2.71 bits per heavy atom. The smallest absolute Gasteiger partial charge is 0.112 e. The van der Waals surface area contributed by atoms with Gasteiger partial charge in [-0.3, -0.25) is 0 Å². The standard InChI is InChI=1S/C13H9N/c1-2-6-12-10(4-1)7-8-11-5-3-9-14-13(11)12/h1-8,14H. The van der Waals surface area contributed by atoms with Gasteiger partial charge in [0, 0.05) is 0 Å². The highest BCUT2D eigenvalue weighted by Gasteiger charge is 1.97. The Balaban J connectivity index is 2.61. The molecule has 0 atom stereocenters. The van der Waals surface area contributed by atoms with Crippen LogP contribution in [0.2, 0.25) is 0 Å². The van der Waals surface area contributed by atoms with Crippen LogP contribution in [0.4, 0.5) is 0 Å². The zero-order valence-corrected chi connectivity index (χ0v) is 7.62. The molecule has 3 rings (SSSR count). The van der Waals surface area contributed by atoms with Crippen LogP contribution in [0.25, 0.3) is 21.7 Å². The second-order valence-electron chi connectivity index (χ2n) is 3.35.